The number of halogens is 1. The van der Waals surface area contributed by atoms with Crippen molar-refractivity contribution < 1.29 is 0 Å². The van der Waals surface area contributed by atoms with Crippen LogP contribution in [0.4, 0.5) is 0 Å². The molecule has 0 spiro atoms. The molecule has 1 aliphatic rings. The van der Waals surface area contributed by atoms with Gasteiger partial charge in [-0.1, -0.05) is 13.3 Å². The maximum Gasteiger partial charge on any atom is -0.00205 e. The zero-order valence-electron chi connectivity index (χ0n) is 6.73. The molecule has 0 amide bonds. The van der Waals surface area contributed by atoms with Gasteiger partial charge in [-0.3, -0.25) is 0 Å². The first-order chi connectivity index (χ1) is 4.43. The van der Waals surface area contributed by atoms with Crippen LogP contribution in [0.25, 0.3) is 0 Å². The maximum atomic E-state index is 3.45. The minimum absolute atomic E-state index is 0. The molecular formula is C8H18ClN. The van der Waals surface area contributed by atoms with Gasteiger partial charge in [-0.05, 0) is 38.3 Å². The van der Waals surface area contributed by atoms with Gasteiger partial charge in [0.2, 0.25) is 0 Å². The van der Waals surface area contributed by atoms with Crippen LogP contribution in [0.5, 0.6) is 0 Å². The summed E-state index contributed by atoms with van der Waals surface area (Å²) in [7, 11) is 0. The average molecular weight is 164 g/mol. The molecule has 0 saturated heterocycles. The Hall–Kier alpha value is 0.250. The molecule has 1 nitrogen and oxygen atoms in total. The third-order valence-corrected chi connectivity index (χ3v) is 1.84. The highest BCUT2D eigenvalue weighted by molar-refractivity contribution is 5.85. The van der Waals surface area contributed by atoms with Crippen molar-refractivity contribution in [3.05, 3.63) is 0 Å². The SMILES string of the molecule is CCCCNCC1CC1.Cl. The number of hydrogen-bond donors (Lipinski definition) is 1. The van der Waals surface area contributed by atoms with E-state index < -0.39 is 0 Å². The Labute approximate surface area is 70.0 Å². The van der Waals surface area contributed by atoms with E-state index in [0.717, 1.165) is 5.92 Å². The molecule has 1 rings (SSSR count). The molecule has 0 unspecified atom stereocenters. The Morgan fingerprint density at radius 2 is 2.10 bits per heavy atom. The van der Waals surface area contributed by atoms with E-state index in [1.165, 1.54) is 38.8 Å². The zero-order valence-corrected chi connectivity index (χ0v) is 7.54. The molecule has 0 aliphatic heterocycles. The standard InChI is InChI=1S/C8H17N.ClH/c1-2-3-6-9-7-8-4-5-8;/h8-9H,2-7H2,1H3;1H. The van der Waals surface area contributed by atoms with Gasteiger partial charge in [-0.2, -0.15) is 0 Å². The fourth-order valence-corrected chi connectivity index (χ4v) is 0.930. The molecule has 0 atom stereocenters. The lowest BCUT2D eigenvalue weighted by molar-refractivity contribution is 0.608. The smallest absolute Gasteiger partial charge is 0.00205 e. The normalized spacial score (nSPS) is 16.5. The summed E-state index contributed by atoms with van der Waals surface area (Å²) in [5.74, 6) is 1.04. The Bertz CT molecular complexity index is 71.7. The summed E-state index contributed by atoms with van der Waals surface area (Å²) in [6, 6.07) is 0. The van der Waals surface area contributed by atoms with Crippen LogP contribution in [0.2, 0.25) is 0 Å². The molecule has 62 valence electrons. The van der Waals surface area contributed by atoms with Crippen molar-refractivity contribution in [2.24, 2.45) is 5.92 Å². The van der Waals surface area contributed by atoms with E-state index in [1.54, 1.807) is 0 Å². The summed E-state index contributed by atoms with van der Waals surface area (Å²) in [6.07, 6.45) is 5.60. The number of rotatable bonds is 5. The first-order valence-electron chi connectivity index (χ1n) is 4.14. The van der Waals surface area contributed by atoms with E-state index in [9.17, 15) is 0 Å². The molecule has 0 radical (unpaired) electrons. The third kappa shape index (κ3) is 5.07. The molecule has 10 heavy (non-hydrogen) atoms. The monoisotopic (exact) mass is 163 g/mol. The summed E-state index contributed by atoms with van der Waals surface area (Å²) >= 11 is 0. The predicted molar refractivity (Wildman–Crippen MR) is 47.7 cm³/mol. The van der Waals surface area contributed by atoms with E-state index in [4.69, 9.17) is 0 Å². The van der Waals surface area contributed by atoms with Crippen LogP contribution in [0.3, 0.4) is 0 Å². The van der Waals surface area contributed by atoms with Crippen LogP contribution >= 0.6 is 12.4 Å². The first kappa shape index (κ1) is 10.2. The first-order valence-corrected chi connectivity index (χ1v) is 4.14. The molecule has 1 fully saturated rings. The van der Waals surface area contributed by atoms with Crippen molar-refractivity contribution in [3.8, 4) is 0 Å². The minimum Gasteiger partial charge on any atom is -0.316 e. The van der Waals surface area contributed by atoms with Gasteiger partial charge in [0.15, 0.2) is 0 Å². The Balaban J connectivity index is 0.000000810. The summed E-state index contributed by atoms with van der Waals surface area (Å²) in [5, 5.41) is 3.45. The third-order valence-electron chi connectivity index (χ3n) is 1.84. The van der Waals surface area contributed by atoms with Crippen molar-refractivity contribution in [1.82, 2.24) is 5.32 Å². The summed E-state index contributed by atoms with van der Waals surface area (Å²) in [6.45, 7) is 4.74. The fraction of sp³-hybridized carbons (Fsp3) is 1.00. The highest BCUT2D eigenvalue weighted by Gasteiger charge is 2.19. The zero-order chi connectivity index (χ0) is 6.53. The predicted octanol–water partition coefficient (Wildman–Crippen LogP) is 2.21. The van der Waals surface area contributed by atoms with Crippen molar-refractivity contribution in [1.29, 1.82) is 0 Å². The van der Waals surface area contributed by atoms with Crippen LogP contribution in [0, 0.1) is 5.92 Å². The molecule has 0 aromatic heterocycles. The molecule has 0 aromatic carbocycles. The summed E-state index contributed by atoms with van der Waals surface area (Å²) in [4.78, 5) is 0. The van der Waals surface area contributed by atoms with Crippen molar-refractivity contribution in [3.63, 3.8) is 0 Å². The number of nitrogens with one attached hydrogen (secondary N) is 1. The van der Waals surface area contributed by atoms with Gasteiger partial charge in [0.1, 0.15) is 0 Å². The lowest BCUT2D eigenvalue weighted by atomic mass is 10.3. The molecule has 0 bridgehead atoms. The largest absolute Gasteiger partial charge is 0.316 e. The van der Waals surface area contributed by atoms with Crippen molar-refractivity contribution >= 4 is 12.4 Å². The van der Waals surface area contributed by atoms with E-state index in [-0.39, 0.29) is 12.4 Å². The molecule has 2 heteroatoms. The number of unbranched alkanes of at least 4 members (excludes halogenated alkanes) is 1. The van der Waals surface area contributed by atoms with E-state index in [2.05, 4.69) is 12.2 Å². The summed E-state index contributed by atoms with van der Waals surface area (Å²) in [5.41, 5.74) is 0. The van der Waals surface area contributed by atoms with Crippen LogP contribution in [-0.4, -0.2) is 13.1 Å². The van der Waals surface area contributed by atoms with Gasteiger partial charge >= 0.3 is 0 Å². The van der Waals surface area contributed by atoms with Gasteiger partial charge in [0, 0.05) is 0 Å². The van der Waals surface area contributed by atoms with E-state index in [0.29, 0.717) is 0 Å². The molecule has 0 heterocycles. The van der Waals surface area contributed by atoms with Crippen molar-refractivity contribution in [2.75, 3.05) is 13.1 Å². The van der Waals surface area contributed by atoms with Crippen LogP contribution in [0.15, 0.2) is 0 Å². The highest BCUT2D eigenvalue weighted by atomic mass is 35.5. The van der Waals surface area contributed by atoms with E-state index >= 15 is 0 Å². The van der Waals surface area contributed by atoms with Gasteiger partial charge in [0.05, 0.1) is 0 Å². The Morgan fingerprint density at radius 3 is 2.60 bits per heavy atom. The Morgan fingerprint density at radius 1 is 1.40 bits per heavy atom. The quantitative estimate of drug-likeness (QED) is 0.613. The highest BCUT2D eigenvalue weighted by Crippen LogP contribution is 2.27. The maximum absolute atomic E-state index is 3.45. The lowest BCUT2D eigenvalue weighted by Gasteiger charge is -1.99. The van der Waals surface area contributed by atoms with Gasteiger partial charge in [-0.15, -0.1) is 12.4 Å². The minimum atomic E-state index is 0. The van der Waals surface area contributed by atoms with Crippen molar-refractivity contribution in [2.45, 2.75) is 32.6 Å². The second-order valence-corrected chi connectivity index (χ2v) is 3.00. The second kappa shape index (κ2) is 5.99. The van der Waals surface area contributed by atoms with Crippen LogP contribution in [-0.2, 0) is 0 Å². The van der Waals surface area contributed by atoms with Crippen LogP contribution in [0.1, 0.15) is 32.6 Å². The van der Waals surface area contributed by atoms with Gasteiger partial charge in [0.25, 0.3) is 0 Å². The molecule has 1 aliphatic carbocycles. The van der Waals surface area contributed by atoms with Crippen LogP contribution < -0.4 is 5.32 Å². The molecular weight excluding hydrogens is 146 g/mol. The summed E-state index contributed by atoms with van der Waals surface area (Å²) < 4.78 is 0. The number of hydrogen-bond acceptors (Lipinski definition) is 1. The molecule has 0 aromatic rings. The molecule has 1 saturated carbocycles. The lowest BCUT2D eigenvalue weighted by Crippen LogP contribution is -2.17. The molecule has 1 N–H and O–H groups in total. The second-order valence-electron chi connectivity index (χ2n) is 3.00. The van der Waals surface area contributed by atoms with Gasteiger partial charge in [-0.25, -0.2) is 0 Å². The van der Waals surface area contributed by atoms with E-state index in [1.807, 2.05) is 0 Å². The topological polar surface area (TPSA) is 12.0 Å². The van der Waals surface area contributed by atoms with Gasteiger partial charge < -0.3 is 5.32 Å². The average Bonchev–Trinajstić information content (AvgIpc) is 2.63. The fourth-order valence-electron chi connectivity index (χ4n) is 0.930. The Kier molecular flexibility index (Phi) is 6.14.